The molecular weight excluding hydrogens is 328 g/mol. The quantitative estimate of drug-likeness (QED) is 0.648. The van der Waals surface area contributed by atoms with E-state index in [1.165, 1.54) is 0 Å². The number of hydrogen-bond acceptors (Lipinski definition) is 6. The van der Waals surface area contributed by atoms with E-state index in [-0.39, 0.29) is 0 Å². The Morgan fingerprint density at radius 3 is 2.85 bits per heavy atom. The van der Waals surface area contributed by atoms with Crippen molar-refractivity contribution in [2.24, 2.45) is 0 Å². The lowest BCUT2D eigenvalue weighted by atomic mass is 10.1. The number of oxazole rings is 1. The Morgan fingerprint density at radius 2 is 2.12 bits per heavy atom. The molecule has 0 amide bonds. The van der Waals surface area contributed by atoms with Gasteiger partial charge in [-0.3, -0.25) is 14.9 Å². The molecule has 6 nitrogen and oxygen atoms in total. The number of rotatable bonds is 7. The van der Waals surface area contributed by atoms with Crippen LogP contribution in [0.5, 0.6) is 5.75 Å². The number of aromatic nitrogens is 3. The first-order chi connectivity index (χ1) is 12.6. The second kappa shape index (κ2) is 8.10. The minimum atomic E-state index is 0.308. The van der Waals surface area contributed by atoms with Crippen molar-refractivity contribution in [1.82, 2.24) is 19.9 Å². The monoisotopic (exact) mass is 352 g/mol. The van der Waals surface area contributed by atoms with E-state index in [2.05, 4.69) is 28.8 Å². The van der Waals surface area contributed by atoms with E-state index in [0.717, 1.165) is 34.9 Å². The fourth-order valence-electron chi connectivity index (χ4n) is 2.74. The molecule has 0 fully saturated rings. The third-order valence-corrected chi connectivity index (χ3v) is 4.48. The van der Waals surface area contributed by atoms with Crippen molar-refractivity contribution < 1.29 is 9.15 Å². The third kappa shape index (κ3) is 4.26. The van der Waals surface area contributed by atoms with Crippen molar-refractivity contribution in [1.29, 1.82) is 0 Å². The van der Waals surface area contributed by atoms with Gasteiger partial charge >= 0.3 is 0 Å². The summed E-state index contributed by atoms with van der Waals surface area (Å²) < 4.78 is 11.2. The molecular formula is C20H24N4O2. The van der Waals surface area contributed by atoms with Gasteiger partial charge in [0.05, 0.1) is 18.5 Å². The molecule has 0 spiro atoms. The minimum absolute atomic E-state index is 0.308. The first kappa shape index (κ1) is 18.1. The Morgan fingerprint density at radius 1 is 1.27 bits per heavy atom. The van der Waals surface area contributed by atoms with Crippen LogP contribution in [0.3, 0.4) is 0 Å². The number of likely N-dealkylation sites (N-methyl/N-ethyl adjacent to an activating group) is 1. The Kier molecular flexibility index (Phi) is 5.63. The van der Waals surface area contributed by atoms with Gasteiger partial charge in [-0.2, -0.15) is 0 Å². The zero-order valence-electron chi connectivity index (χ0n) is 15.6. The van der Waals surface area contributed by atoms with Crippen LogP contribution in [-0.4, -0.2) is 40.1 Å². The van der Waals surface area contributed by atoms with Crippen molar-refractivity contribution >= 4 is 0 Å². The average molecular weight is 352 g/mol. The lowest BCUT2D eigenvalue weighted by Crippen LogP contribution is -2.31. The molecule has 0 saturated carbocycles. The fraction of sp³-hybridized carbons (Fsp3) is 0.350. The molecule has 1 unspecified atom stereocenters. The smallest absolute Gasteiger partial charge is 0.226 e. The van der Waals surface area contributed by atoms with Crippen LogP contribution in [0, 0.1) is 6.92 Å². The second-order valence-corrected chi connectivity index (χ2v) is 6.42. The highest BCUT2D eigenvalue weighted by Gasteiger charge is 2.17. The van der Waals surface area contributed by atoms with Crippen LogP contribution in [0.1, 0.15) is 24.1 Å². The molecule has 0 radical (unpaired) electrons. The van der Waals surface area contributed by atoms with Crippen molar-refractivity contribution in [2.75, 3.05) is 14.2 Å². The molecule has 0 bridgehead atoms. The Labute approximate surface area is 153 Å². The van der Waals surface area contributed by atoms with Crippen molar-refractivity contribution in [2.45, 2.75) is 32.9 Å². The molecule has 0 saturated heterocycles. The summed E-state index contributed by atoms with van der Waals surface area (Å²) in [6, 6.07) is 8.04. The fourth-order valence-corrected chi connectivity index (χ4v) is 2.74. The van der Waals surface area contributed by atoms with Gasteiger partial charge in [-0.1, -0.05) is 6.07 Å². The van der Waals surface area contributed by atoms with Crippen molar-refractivity contribution in [3.63, 3.8) is 0 Å². The number of benzene rings is 1. The maximum Gasteiger partial charge on any atom is 0.226 e. The molecule has 0 aliphatic heterocycles. The zero-order valence-corrected chi connectivity index (χ0v) is 15.6. The standard InChI is InChI=1S/C20H24N4O2/c1-14(10-17-12-21-8-9-22-17)24(3)13-19-15(2)26-20(23-19)16-6-5-7-18(11-16)25-4/h5-9,11-12,14H,10,13H2,1-4H3. The highest BCUT2D eigenvalue weighted by molar-refractivity contribution is 5.56. The summed E-state index contributed by atoms with van der Waals surface area (Å²) in [6.45, 7) is 4.83. The van der Waals surface area contributed by atoms with E-state index in [1.807, 2.05) is 37.4 Å². The van der Waals surface area contributed by atoms with Gasteiger partial charge in [0.2, 0.25) is 5.89 Å². The molecule has 1 atom stereocenters. The SMILES string of the molecule is COc1cccc(-c2nc(CN(C)C(C)Cc3cnccn3)c(C)o2)c1. The summed E-state index contributed by atoms with van der Waals surface area (Å²) in [5.74, 6) is 2.24. The Hall–Kier alpha value is -2.73. The molecule has 26 heavy (non-hydrogen) atoms. The largest absolute Gasteiger partial charge is 0.497 e. The van der Waals surface area contributed by atoms with Gasteiger partial charge in [-0.05, 0) is 39.1 Å². The number of hydrogen-bond donors (Lipinski definition) is 0. The van der Waals surface area contributed by atoms with Crippen LogP contribution in [0.4, 0.5) is 0 Å². The Balaban J connectivity index is 1.70. The second-order valence-electron chi connectivity index (χ2n) is 6.42. The number of methoxy groups -OCH3 is 1. The molecule has 3 aromatic rings. The first-order valence-electron chi connectivity index (χ1n) is 8.62. The van der Waals surface area contributed by atoms with Crippen LogP contribution < -0.4 is 4.74 Å². The predicted molar refractivity (Wildman–Crippen MR) is 99.9 cm³/mol. The summed E-state index contributed by atoms with van der Waals surface area (Å²) in [5, 5.41) is 0. The summed E-state index contributed by atoms with van der Waals surface area (Å²) in [5.41, 5.74) is 2.84. The topological polar surface area (TPSA) is 64.3 Å². The van der Waals surface area contributed by atoms with Gasteiger partial charge in [0.1, 0.15) is 11.5 Å². The van der Waals surface area contributed by atoms with E-state index in [1.54, 1.807) is 19.5 Å². The average Bonchev–Trinajstić information content (AvgIpc) is 3.03. The lowest BCUT2D eigenvalue weighted by molar-refractivity contribution is 0.243. The van der Waals surface area contributed by atoms with E-state index < -0.39 is 0 Å². The number of aryl methyl sites for hydroxylation is 1. The van der Waals surface area contributed by atoms with Crippen LogP contribution >= 0.6 is 0 Å². The first-order valence-corrected chi connectivity index (χ1v) is 8.62. The van der Waals surface area contributed by atoms with Crippen molar-refractivity contribution in [3.8, 4) is 17.2 Å². The minimum Gasteiger partial charge on any atom is -0.497 e. The third-order valence-electron chi connectivity index (χ3n) is 4.48. The molecule has 2 aromatic heterocycles. The van der Waals surface area contributed by atoms with Crippen LogP contribution in [-0.2, 0) is 13.0 Å². The molecule has 3 rings (SSSR count). The highest BCUT2D eigenvalue weighted by Crippen LogP contribution is 2.26. The molecule has 0 N–H and O–H groups in total. The van der Waals surface area contributed by atoms with Crippen molar-refractivity contribution in [3.05, 3.63) is 60.0 Å². The normalized spacial score (nSPS) is 12.3. The van der Waals surface area contributed by atoms with Gasteiger partial charge in [-0.25, -0.2) is 4.98 Å². The van der Waals surface area contributed by atoms with Crippen LogP contribution in [0.15, 0.2) is 47.3 Å². The van der Waals surface area contributed by atoms with E-state index >= 15 is 0 Å². The molecule has 6 heteroatoms. The van der Waals surface area contributed by atoms with Crippen LogP contribution in [0.2, 0.25) is 0 Å². The summed E-state index contributed by atoms with van der Waals surface area (Å²) in [4.78, 5) is 15.4. The summed E-state index contributed by atoms with van der Waals surface area (Å²) in [6.07, 6.45) is 6.07. The van der Waals surface area contributed by atoms with Gasteiger partial charge < -0.3 is 9.15 Å². The highest BCUT2D eigenvalue weighted by atomic mass is 16.5. The van der Waals surface area contributed by atoms with Gasteiger partial charge in [-0.15, -0.1) is 0 Å². The number of nitrogens with zero attached hydrogens (tertiary/aromatic N) is 4. The van der Waals surface area contributed by atoms with Gasteiger partial charge in [0.15, 0.2) is 0 Å². The van der Waals surface area contributed by atoms with E-state index in [4.69, 9.17) is 14.1 Å². The van der Waals surface area contributed by atoms with E-state index in [9.17, 15) is 0 Å². The maximum atomic E-state index is 5.88. The van der Waals surface area contributed by atoms with E-state index in [0.29, 0.717) is 18.5 Å². The molecule has 0 aliphatic rings. The molecule has 0 aliphatic carbocycles. The molecule has 2 heterocycles. The van der Waals surface area contributed by atoms with Gasteiger partial charge in [0, 0.05) is 43.2 Å². The Bertz CT molecular complexity index is 848. The predicted octanol–water partition coefficient (Wildman–Crippen LogP) is 3.51. The van der Waals surface area contributed by atoms with Crippen LogP contribution in [0.25, 0.3) is 11.5 Å². The van der Waals surface area contributed by atoms with Gasteiger partial charge in [0.25, 0.3) is 0 Å². The molecule has 1 aromatic carbocycles. The zero-order chi connectivity index (χ0) is 18.5. The molecule has 136 valence electrons. The summed E-state index contributed by atoms with van der Waals surface area (Å²) in [7, 11) is 3.74. The lowest BCUT2D eigenvalue weighted by Gasteiger charge is -2.23. The summed E-state index contributed by atoms with van der Waals surface area (Å²) >= 11 is 0. The maximum absolute atomic E-state index is 5.88. The number of ether oxygens (including phenoxy) is 1.